The monoisotopic (exact) mass is 454 g/mol. The summed E-state index contributed by atoms with van der Waals surface area (Å²) in [4.78, 5) is 8.70. The molecule has 6 nitrogen and oxygen atoms in total. The van der Waals surface area contributed by atoms with Crippen LogP contribution in [0.2, 0.25) is 0 Å². The van der Waals surface area contributed by atoms with E-state index in [1.165, 1.54) is 44.0 Å². The summed E-state index contributed by atoms with van der Waals surface area (Å²) in [7, 11) is 0. The molecule has 0 aliphatic heterocycles. The predicted octanol–water partition coefficient (Wildman–Crippen LogP) is 3.27. The molecule has 0 unspecified atom stereocenters. The molecule has 136 valence electrons. The zero-order valence-corrected chi connectivity index (χ0v) is 17.0. The van der Waals surface area contributed by atoms with E-state index in [1.54, 1.807) is 11.0 Å². The minimum atomic E-state index is 0. The van der Waals surface area contributed by atoms with Crippen molar-refractivity contribution in [1.82, 2.24) is 25.4 Å². The topological polar surface area (TPSA) is 67.1 Å². The first-order valence-electron chi connectivity index (χ1n) is 8.84. The van der Waals surface area contributed by atoms with Crippen LogP contribution in [0.4, 0.5) is 0 Å². The van der Waals surface area contributed by atoms with Crippen LogP contribution >= 0.6 is 24.0 Å². The van der Waals surface area contributed by atoms with Gasteiger partial charge in [0.2, 0.25) is 0 Å². The first kappa shape index (κ1) is 19.7. The average molecular weight is 454 g/mol. The zero-order valence-electron chi connectivity index (χ0n) is 14.7. The molecule has 7 heteroatoms. The second-order valence-electron chi connectivity index (χ2n) is 6.18. The van der Waals surface area contributed by atoms with Gasteiger partial charge in [-0.25, -0.2) is 14.7 Å². The Morgan fingerprint density at radius 1 is 1.20 bits per heavy atom. The van der Waals surface area contributed by atoms with Gasteiger partial charge >= 0.3 is 0 Å². The largest absolute Gasteiger partial charge is 0.357 e. The molecule has 3 rings (SSSR count). The average Bonchev–Trinajstić information content (AvgIpc) is 3.16. The number of aliphatic imine (C=N–C) groups is 1. The van der Waals surface area contributed by atoms with Crippen molar-refractivity contribution < 1.29 is 0 Å². The number of rotatable bonds is 5. The van der Waals surface area contributed by atoms with Crippen molar-refractivity contribution in [2.24, 2.45) is 4.99 Å². The fourth-order valence-corrected chi connectivity index (χ4v) is 3.03. The van der Waals surface area contributed by atoms with Crippen LogP contribution in [0.1, 0.15) is 44.6 Å². The van der Waals surface area contributed by atoms with Crippen LogP contribution in [0.5, 0.6) is 0 Å². The van der Waals surface area contributed by atoms with E-state index in [2.05, 4.69) is 39.8 Å². The lowest BCUT2D eigenvalue weighted by atomic mass is 9.96. The van der Waals surface area contributed by atoms with E-state index >= 15 is 0 Å². The van der Waals surface area contributed by atoms with Crippen molar-refractivity contribution in [2.45, 2.75) is 51.6 Å². The second-order valence-corrected chi connectivity index (χ2v) is 6.18. The Labute approximate surface area is 166 Å². The summed E-state index contributed by atoms with van der Waals surface area (Å²) in [6.45, 7) is 3.65. The summed E-state index contributed by atoms with van der Waals surface area (Å²) >= 11 is 0. The van der Waals surface area contributed by atoms with Gasteiger partial charge in [-0.1, -0.05) is 31.4 Å². The van der Waals surface area contributed by atoms with Gasteiger partial charge in [0.15, 0.2) is 5.96 Å². The zero-order chi connectivity index (χ0) is 16.6. The smallest absolute Gasteiger partial charge is 0.191 e. The lowest BCUT2D eigenvalue weighted by molar-refractivity contribution is 0.410. The number of nitrogens with one attached hydrogen (secondary N) is 2. The molecule has 1 saturated carbocycles. The summed E-state index contributed by atoms with van der Waals surface area (Å²) in [5, 5.41) is 11.1. The predicted molar refractivity (Wildman–Crippen MR) is 112 cm³/mol. The van der Waals surface area contributed by atoms with Crippen molar-refractivity contribution in [3.63, 3.8) is 0 Å². The van der Waals surface area contributed by atoms with E-state index < -0.39 is 0 Å². The molecule has 2 N–H and O–H groups in total. The quantitative estimate of drug-likeness (QED) is 0.414. The highest BCUT2D eigenvalue weighted by Gasteiger charge is 2.14. The molecule has 0 saturated heterocycles. The lowest BCUT2D eigenvalue weighted by Crippen LogP contribution is -2.44. The maximum Gasteiger partial charge on any atom is 0.191 e. The van der Waals surface area contributed by atoms with E-state index in [4.69, 9.17) is 4.99 Å². The van der Waals surface area contributed by atoms with Crippen LogP contribution in [0.3, 0.4) is 0 Å². The normalized spacial score (nSPS) is 15.5. The third kappa shape index (κ3) is 5.98. The number of halogens is 1. The molecular formula is C18H27IN6. The van der Waals surface area contributed by atoms with Crippen LogP contribution in [-0.4, -0.2) is 33.3 Å². The molecule has 0 spiro atoms. The highest BCUT2D eigenvalue weighted by Crippen LogP contribution is 2.17. The summed E-state index contributed by atoms with van der Waals surface area (Å²) in [5.41, 5.74) is 2.19. The summed E-state index contributed by atoms with van der Waals surface area (Å²) in [6, 6.07) is 8.82. The number of hydrogen-bond acceptors (Lipinski definition) is 3. The molecular weight excluding hydrogens is 427 g/mol. The molecule has 1 aliphatic carbocycles. The fourth-order valence-electron chi connectivity index (χ4n) is 3.03. The number of hydrogen-bond donors (Lipinski definition) is 2. The Morgan fingerprint density at radius 2 is 1.96 bits per heavy atom. The van der Waals surface area contributed by atoms with E-state index in [-0.39, 0.29) is 24.0 Å². The molecule has 0 radical (unpaired) electrons. The third-order valence-corrected chi connectivity index (χ3v) is 4.33. The van der Waals surface area contributed by atoms with Crippen LogP contribution in [-0.2, 0) is 6.54 Å². The van der Waals surface area contributed by atoms with Crippen molar-refractivity contribution in [3.05, 3.63) is 42.5 Å². The van der Waals surface area contributed by atoms with Crippen LogP contribution in [0.15, 0.2) is 41.9 Å². The van der Waals surface area contributed by atoms with Crippen LogP contribution in [0.25, 0.3) is 5.69 Å². The molecule has 1 heterocycles. The minimum Gasteiger partial charge on any atom is -0.357 e. The Bertz CT molecular complexity index is 632. The van der Waals surface area contributed by atoms with Gasteiger partial charge in [0.25, 0.3) is 0 Å². The number of nitrogens with zero attached hydrogens (tertiary/aromatic N) is 4. The Hall–Kier alpha value is -1.64. The van der Waals surface area contributed by atoms with Gasteiger partial charge in [-0.2, -0.15) is 5.10 Å². The van der Waals surface area contributed by atoms with Crippen molar-refractivity contribution in [1.29, 1.82) is 0 Å². The molecule has 0 bridgehead atoms. The molecule has 0 atom stereocenters. The lowest BCUT2D eigenvalue weighted by Gasteiger charge is -2.24. The number of guanidine groups is 1. The number of benzene rings is 1. The molecule has 1 aromatic heterocycles. The van der Waals surface area contributed by atoms with Gasteiger partial charge in [0, 0.05) is 12.6 Å². The van der Waals surface area contributed by atoms with Crippen LogP contribution < -0.4 is 10.6 Å². The van der Waals surface area contributed by atoms with Crippen molar-refractivity contribution in [3.8, 4) is 5.69 Å². The second kappa shape index (κ2) is 10.4. The van der Waals surface area contributed by atoms with Gasteiger partial charge in [-0.05, 0) is 37.5 Å². The summed E-state index contributed by atoms with van der Waals surface area (Å²) in [6.07, 6.45) is 9.74. The highest BCUT2D eigenvalue weighted by atomic mass is 127. The summed E-state index contributed by atoms with van der Waals surface area (Å²) in [5.74, 6) is 0.921. The van der Waals surface area contributed by atoms with E-state index in [1.807, 2.05) is 12.1 Å². The van der Waals surface area contributed by atoms with Crippen molar-refractivity contribution in [2.75, 3.05) is 6.54 Å². The van der Waals surface area contributed by atoms with E-state index in [9.17, 15) is 0 Å². The molecule has 25 heavy (non-hydrogen) atoms. The number of aromatic nitrogens is 3. The van der Waals surface area contributed by atoms with E-state index in [0.717, 1.165) is 18.2 Å². The first-order chi connectivity index (χ1) is 11.8. The van der Waals surface area contributed by atoms with Crippen molar-refractivity contribution >= 4 is 29.9 Å². The van der Waals surface area contributed by atoms with E-state index in [0.29, 0.717) is 12.6 Å². The molecule has 1 fully saturated rings. The Kier molecular flexibility index (Phi) is 8.17. The van der Waals surface area contributed by atoms with Gasteiger partial charge < -0.3 is 10.6 Å². The van der Waals surface area contributed by atoms with Gasteiger partial charge in [0.05, 0.1) is 12.2 Å². The Morgan fingerprint density at radius 3 is 2.60 bits per heavy atom. The molecule has 2 aromatic rings. The third-order valence-electron chi connectivity index (χ3n) is 4.33. The van der Waals surface area contributed by atoms with Gasteiger partial charge in [-0.15, -0.1) is 24.0 Å². The van der Waals surface area contributed by atoms with Gasteiger partial charge in [0.1, 0.15) is 12.7 Å². The molecule has 0 amide bonds. The minimum absolute atomic E-state index is 0. The molecule has 1 aromatic carbocycles. The van der Waals surface area contributed by atoms with Gasteiger partial charge in [-0.3, -0.25) is 0 Å². The van der Waals surface area contributed by atoms with Crippen LogP contribution in [0, 0.1) is 0 Å². The maximum atomic E-state index is 4.73. The molecule has 1 aliphatic rings. The first-order valence-corrected chi connectivity index (χ1v) is 8.84. The fraction of sp³-hybridized carbons (Fsp3) is 0.500. The SMILES string of the molecule is CCNC(=NCc1ccc(-n2cncn2)cc1)NC1CCCCC1.I. The summed E-state index contributed by atoms with van der Waals surface area (Å²) < 4.78 is 1.75. The maximum absolute atomic E-state index is 4.73. The highest BCUT2D eigenvalue weighted by molar-refractivity contribution is 14.0. The Balaban J connectivity index is 0.00000225. The standard InChI is InChI=1S/C18H26N6.HI/c1-2-20-18(23-16-6-4-3-5-7-16)21-12-15-8-10-17(11-9-15)24-14-19-13-22-24;/h8-11,13-14,16H,2-7,12H2,1H3,(H2,20,21,23);1H.